The Morgan fingerprint density at radius 3 is 2.03 bits per heavy atom. The van der Waals surface area contributed by atoms with Gasteiger partial charge >= 0.3 is 12.0 Å². The van der Waals surface area contributed by atoms with E-state index < -0.39 is 23.8 Å². The lowest BCUT2D eigenvalue weighted by Gasteiger charge is -2.38. The molecule has 1 aliphatic heterocycles. The molecule has 1 saturated carbocycles. The van der Waals surface area contributed by atoms with Gasteiger partial charge in [-0.3, -0.25) is 24.6 Å². The van der Waals surface area contributed by atoms with Crippen molar-refractivity contribution in [1.29, 1.82) is 0 Å². The summed E-state index contributed by atoms with van der Waals surface area (Å²) in [5, 5.41) is 20.2. The largest absolute Gasteiger partial charge is 0.481 e. The number of urea groups is 1. The zero-order valence-corrected chi connectivity index (χ0v) is 19.8. The van der Waals surface area contributed by atoms with E-state index in [1.165, 1.54) is 37.0 Å². The molecule has 1 unspecified atom stereocenters. The molecule has 0 aromatic heterocycles. The van der Waals surface area contributed by atoms with Crippen LogP contribution < -0.4 is 5.32 Å². The van der Waals surface area contributed by atoms with Gasteiger partial charge < -0.3 is 10.2 Å². The highest BCUT2D eigenvalue weighted by molar-refractivity contribution is 6.16. The third-order valence-electron chi connectivity index (χ3n) is 6.17. The Labute approximate surface area is 192 Å². The molecule has 0 aromatic rings. The molecule has 0 aromatic carbocycles. The molecule has 0 radical (unpaired) electrons. The minimum atomic E-state index is -0.737. The second kappa shape index (κ2) is 15.8. The zero-order chi connectivity index (χ0) is 23.9. The Bertz CT molecular complexity index is 601. The maximum Gasteiger partial charge on any atom is 0.331 e. The van der Waals surface area contributed by atoms with Gasteiger partial charge in [-0.25, -0.2) is 4.79 Å². The molecule has 1 heterocycles. The Morgan fingerprint density at radius 2 is 1.47 bits per heavy atom. The van der Waals surface area contributed by atoms with Crippen molar-refractivity contribution >= 4 is 23.8 Å². The van der Waals surface area contributed by atoms with E-state index in [0.717, 1.165) is 25.7 Å². The van der Waals surface area contributed by atoms with Gasteiger partial charge in [-0.15, -0.1) is 0 Å². The van der Waals surface area contributed by atoms with Gasteiger partial charge in [0.05, 0.1) is 6.10 Å². The lowest BCUT2D eigenvalue weighted by Crippen LogP contribution is -2.61. The molecule has 4 amide bonds. The first-order valence-electron chi connectivity index (χ1n) is 12.4. The molecule has 1 aliphatic carbocycles. The maximum atomic E-state index is 12.4. The summed E-state index contributed by atoms with van der Waals surface area (Å²) in [4.78, 5) is 47.5. The van der Waals surface area contributed by atoms with E-state index >= 15 is 0 Å². The van der Waals surface area contributed by atoms with Crippen LogP contribution >= 0.6 is 0 Å². The summed E-state index contributed by atoms with van der Waals surface area (Å²) in [5.41, 5.74) is 0. The molecule has 8 nitrogen and oxygen atoms in total. The van der Waals surface area contributed by atoms with Crippen LogP contribution in [0.5, 0.6) is 0 Å². The van der Waals surface area contributed by atoms with E-state index in [4.69, 9.17) is 5.11 Å². The van der Waals surface area contributed by atoms with E-state index in [2.05, 4.69) is 12.2 Å². The minimum absolute atomic E-state index is 0.192. The first-order valence-corrected chi connectivity index (χ1v) is 12.4. The van der Waals surface area contributed by atoms with Gasteiger partial charge in [0.25, 0.3) is 0 Å². The van der Waals surface area contributed by atoms with Crippen LogP contribution in [0.2, 0.25) is 0 Å². The molecule has 0 spiro atoms. The number of amides is 4. The number of imide groups is 2. The number of aliphatic carboxylic acids is 1. The topological polar surface area (TPSA) is 124 Å². The zero-order valence-electron chi connectivity index (χ0n) is 19.8. The number of rotatable bonds is 12. The molecule has 1 saturated heterocycles. The molecule has 2 rings (SSSR count). The van der Waals surface area contributed by atoms with Crippen LogP contribution in [-0.2, 0) is 14.4 Å². The summed E-state index contributed by atoms with van der Waals surface area (Å²) in [6, 6.07) is -0.794. The predicted molar refractivity (Wildman–Crippen MR) is 122 cm³/mol. The summed E-state index contributed by atoms with van der Waals surface area (Å²) in [6.07, 6.45) is 12.9. The average molecular weight is 455 g/mol. The number of barbiturate groups is 1. The fourth-order valence-corrected chi connectivity index (χ4v) is 4.19. The number of unbranched alkanes of at least 4 members (excludes halogenated alkanes) is 7. The highest BCUT2D eigenvalue weighted by Gasteiger charge is 2.43. The molecule has 184 valence electrons. The second-order valence-electron chi connectivity index (χ2n) is 8.92. The van der Waals surface area contributed by atoms with E-state index in [0.29, 0.717) is 38.5 Å². The summed E-state index contributed by atoms with van der Waals surface area (Å²) in [7, 11) is 0. The van der Waals surface area contributed by atoms with E-state index in [1.807, 2.05) is 6.92 Å². The monoisotopic (exact) mass is 454 g/mol. The van der Waals surface area contributed by atoms with Gasteiger partial charge in [-0.05, 0) is 38.5 Å². The number of aliphatic hydroxyl groups is 1. The third-order valence-corrected chi connectivity index (χ3v) is 6.17. The van der Waals surface area contributed by atoms with Crippen LogP contribution in [0.15, 0.2) is 0 Å². The van der Waals surface area contributed by atoms with Gasteiger partial charge in [0.1, 0.15) is 5.92 Å². The van der Waals surface area contributed by atoms with Crippen molar-refractivity contribution in [3.05, 3.63) is 0 Å². The van der Waals surface area contributed by atoms with Crippen molar-refractivity contribution in [1.82, 2.24) is 10.2 Å². The van der Waals surface area contributed by atoms with Gasteiger partial charge in [0.2, 0.25) is 11.8 Å². The molecule has 1 atom stereocenters. The molecule has 0 bridgehead atoms. The van der Waals surface area contributed by atoms with Crippen molar-refractivity contribution in [2.45, 2.75) is 122 Å². The SMILES string of the molecule is CCCCC1C(=O)NC(=O)N(C2CCC(O)CC2)C1=O.CCCCCCCCCC(=O)O. The van der Waals surface area contributed by atoms with E-state index in [9.17, 15) is 24.3 Å². The Kier molecular flexibility index (Phi) is 13.8. The van der Waals surface area contributed by atoms with Gasteiger partial charge in [-0.1, -0.05) is 65.2 Å². The van der Waals surface area contributed by atoms with Crippen molar-refractivity contribution in [3.8, 4) is 0 Å². The summed E-state index contributed by atoms with van der Waals surface area (Å²) >= 11 is 0. The molecule has 2 fully saturated rings. The standard InChI is InChI=1S/C14H22N2O4.C10H20O2/c1-2-3-4-11-12(18)15-14(20)16(13(11)19)9-5-7-10(17)8-6-9;1-2-3-4-5-6-7-8-9-10(11)12/h9-11,17H,2-8H2,1H3,(H,15,18,20);2-9H2,1H3,(H,11,12). The molecule has 2 aliphatic rings. The van der Waals surface area contributed by atoms with Crippen molar-refractivity contribution in [2.75, 3.05) is 0 Å². The number of carbonyl (C=O) groups is 4. The van der Waals surface area contributed by atoms with Crippen LogP contribution in [0.1, 0.15) is 110 Å². The molecule has 32 heavy (non-hydrogen) atoms. The number of aliphatic hydroxyl groups excluding tert-OH is 1. The first kappa shape index (κ1) is 28.1. The summed E-state index contributed by atoms with van der Waals surface area (Å²) in [5.74, 6) is -2.24. The lowest BCUT2D eigenvalue weighted by atomic mass is 9.89. The number of carboxylic acid groups (broad SMARTS) is 1. The van der Waals surface area contributed by atoms with Crippen molar-refractivity contribution < 1.29 is 29.4 Å². The quantitative estimate of drug-likeness (QED) is 0.297. The van der Waals surface area contributed by atoms with Crippen molar-refractivity contribution in [3.63, 3.8) is 0 Å². The predicted octanol–water partition coefficient (Wildman–Crippen LogP) is 4.39. The maximum absolute atomic E-state index is 12.4. The minimum Gasteiger partial charge on any atom is -0.481 e. The molecular weight excluding hydrogens is 412 g/mol. The van der Waals surface area contributed by atoms with Crippen LogP contribution in [-0.4, -0.2) is 51.1 Å². The number of nitrogens with one attached hydrogen (secondary N) is 1. The number of carbonyl (C=O) groups excluding carboxylic acids is 3. The average Bonchev–Trinajstić information content (AvgIpc) is 2.74. The third kappa shape index (κ3) is 10.1. The van der Waals surface area contributed by atoms with Gasteiger partial charge in [-0.2, -0.15) is 0 Å². The van der Waals surface area contributed by atoms with Crippen LogP contribution in [0.4, 0.5) is 4.79 Å². The van der Waals surface area contributed by atoms with Crippen LogP contribution in [0.25, 0.3) is 0 Å². The first-order chi connectivity index (χ1) is 15.3. The fraction of sp³-hybridized carbons (Fsp3) is 0.833. The lowest BCUT2D eigenvalue weighted by molar-refractivity contribution is -0.145. The highest BCUT2D eigenvalue weighted by Crippen LogP contribution is 2.27. The van der Waals surface area contributed by atoms with Crippen LogP contribution in [0.3, 0.4) is 0 Å². The number of hydrogen-bond acceptors (Lipinski definition) is 5. The Morgan fingerprint density at radius 1 is 0.906 bits per heavy atom. The fourth-order valence-electron chi connectivity index (χ4n) is 4.19. The van der Waals surface area contributed by atoms with Gasteiger partial charge in [0.15, 0.2) is 0 Å². The number of nitrogens with zero attached hydrogens (tertiary/aromatic N) is 1. The van der Waals surface area contributed by atoms with E-state index in [-0.39, 0.29) is 18.1 Å². The van der Waals surface area contributed by atoms with Crippen LogP contribution in [0, 0.1) is 5.92 Å². The number of carboxylic acids is 1. The summed E-state index contributed by atoms with van der Waals surface area (Å²) in [6.45, 7) is 4.20. The molecular formula is C24H42N2O6. The number of hydrogen-bond donors (Lipinski definition) is 3. The highest BCUT2D eigenvalue weighted by atomic mass is 16.4. The Balaban J connectivity index is 0.000000368. The molecule has 3 N–H and O–H groups in total. The second-order valence-corrected chi connectivity index (χ2v) is 8.92. The van der Waals surface area contributed by atoms with Gasteiger partial charge in [0, 0.05) is 12.5 Å². The summed E-state index contributed by atoms with van der Waals surface area (Å²) < 4.78 is 0. The smallest absolute Gasteiger partial charge is 0.331 e. The Hall–Kier alpha value is -1.96. The normalized spacial score (nSPS) is 23.4. The van der Waals surface area contributed by atoms with E-state index in [1.54, 1.807) is 0 Å². The molecule has 8 heteroatoms. The van der Waals surface area contributed by atoms with Crippen molar-refractivity contribution in [2.24, 2.45) is 5.92 Å².